The number of hydrogen-bond acceptors (Lipinski definition) is 5. The number of carbonyl (C=O) groups is 1. The highest BCUT2D eigenvalue weighted by atomic mass is 19.4. The first-order valence-corrected chi connectivity index (χ1v) is 7.97. The normalized spacial score (nSPS) is 17.5. The monoisotopic (exact) mass is 372 g/mol. The number of amides is 1. The summed E-state index contributed by atoms with van der Waals surface area (Å²) in [6.07, 6.45) is -0.130. The minimum Gasteiger partial charge on any atom is -0.309 e. The molecule has 1 atom stereocenters. The second-order valence-electron chi connectivity index (χ2n) is 6.00. The molecule has 1 amide bonds. The van der Waals surface area contributed by atoms with Gasteiger partial charge in [-0.2, -0.15) is 23.5 Å². The lowest BCUT2D eigenvalue weighted by Gasteiger charge is -2.16. The van der Waals surface area contributed by atoms with Crippen LogP contribution in [-0.4, -0.2) is 32.0 Å². The van der Waals surface area contributed by atoms with Crippen molar-refractivity contribution in [2.75, 3.05) is 11.4 Å². The third kappa shape index (κ3) is 2.87. The minimum atomic E-state index is -4.57. The number of hydrogen-bond donors (Lipinski definition) is 0. The van der Waals surface area contributed by atoms with E-state index in [9.17, 15) is 18.0 Å². The lowest BCUT2D eigenvalue weighted by Crippen LogP contribution is -2.27. The van der Waals surface area contributed by atoms with Gasteiger partial charge >= 0.3 is 6.18 Å². The summed E-state index contributed by atoms with van der Waals surface area (Å²) in [5.74, 6) is -1.09. The van der Waals surface area contributed by atoms with Crippen molar-refractivity contribution >= 4 is 17.1 Å². The Hall–Kier alpha value is -3.48. The molecule has 1 aliphatic heterocycles. The van der Waals surface area contributed by atoms with Gasteiger partial charge in [0.25, 0.3) is 0 Å². The van der Waals surface area contributed by atoms with E-state index in [0.29, 0.717) is 29.7 Å². The van der Waals surface area contributed by atoms with Crippen molar-refractivity contribution in [3.63, 3.8) is 0 Å². The van der Waals surface area contributed by atoms with Crippen LogP contribution in [-0.2, 0) is 11.0 Å². The number of halogens is 3. The molecular formula is C17H11F3N6O. The quantitative estimate of drug-likeness (QED) is 0.690. The van der Waals surface area contributed by atoms with Crippen LogP contribution in [0.2, 0.25) is 0 Å². The Balaban J connectivity index is 1.79. The van der Waals surface area contributed by atoms with Crippen LogP contribution in [0.25, 0.3) is 16.9 Å². The molecule has 0 radical (unpaired) electrons. The fourth-order valence-corrected chi connectivity index (χ4v) is 3.05. The molecule has 1 aliphatic rings. The van der Waals surface area contributed by atoms with Crippen LogP contribution in [0.4, 0.5) is 18.9 Å². The van der Waals surface area contributed by atoms with Crippen LogP contribution < -0.4 is 4.90 Å². The van der Waals surface area contributed by atoms with E-state index in [-0.39, 0.29) is 11.7 Å². The number of alkyl halides is 3. The first-order valence-electron chi connectivity index (χ1n) is 7.97. The largest absolute Gasteiger partial charge is 0.433 e. The van der Waals surface area contributed by atoms with E-state index in [4.69, 9.17) is 5.26 Å². The average Bonchev–Trinajstić information content (AvgIpc) is 3.24. The van der Waals surface area contributed by atoms with Gasteiger partial charge in [-0.3, -0.25) is 4.79 Å². The van der Waals surface area contributed by atoms with Gasteiger partial charge < -0.3 is 4.90 Å². The Morgan fingerprint density at radius 3 is 2.78 bits per heavy atom. The molecule has 27 heavy (non-hydrogen) atoms. The van der Waals surface area contributed by atoms with Crippen molar-refractivity contribution in [1.82, 2.24) is 19.6 Å². The van der Waals surface area contributed by atoms with Crippen LogP contribution in [0, 0.1) is 17.2 Å². The van der Waals surface area contributed by atoms with Crippen LogP contribution in [0.1, 0.15) is 12.1 Å². The molecule has 3 aromatic heterocycles. The molecule has 0 bridgehead atoms. The number of rotatable bonds is 2. The Labute approximate surface area is 150 Å². The van der Waals surface area contributed by atoms with Gasteiger partial charge in [-0.25, -0.2) is 14.5 Å². The highest BCUT2D eigenvalue weighted by Crippen LogP contribution is 2.32. The molecule has 1 saturated heterocycles. The van der Waals surface area contributed by atoms with E-state index < -0.39 is 17.8 Å². The third-order valence-corrected chi connectivity index (χ3v) is 4.34. The summed E-state index contributed by atoms with van der Waals surface area (Å²) in [6.45, 7) is 0.386. The predicted octanol–water partition coefficient (Wildman–Crippen LogP) is 2.69. The van der Waals surface area contributed by atoms with E-state index >= 15 is 0 Å². The summed E-state index contributed by atoms with van der Waals surface area (Å²) in [4.78, 5) is 21.3. The maximum absolute atomic E-state index is 12.9. The molecule has 3 aromatic rings. The molecule has 0 aromatic carbocycles. The van der Waals surface area contributed by atoms with Crippen molar-refractivity contribution in [3.8, 4) is 17.5 Å². The van der Waals surface area contributed by atoms with E-state index in [1.165, 1.54) is 21.8 Å². The fourth-order valence-electron chi connectivity index (χ4n) is 3.05. The maximum Gasteiger partial charge on any atom is 0.433 e. The van der Waals surface area contributed by atoms with Gasteiger partial charge in [0.2, 0.25) is 5.91 Å². The molecule has 10 heteroatoms. The number of fused-ring (bicyclic) bond motifs is 1. The number of carbonyl (C=O) groups excluding carboxylic acids is 1. The molecule has 0 spiro atoms. The predicted molar refractivity (Wildman–Crippen MR) is 87.3 cm³/mol. The number of aromatic nitrogens is 4. The Morgan fingerprint density at radius 1 is 1.26 bits per heavy atom. The van der Waals surface area contributed by atoms with E-state index in [1.54, 1.807) is 12.1 Å². The third-order valence-electron chi connectivity index (χ3n) is 4.34. The highest BCUT2D eigenvalue weighted by Gasteiger charge is 2.34. The standard InChI is InChI=1S/C17H11F3N6O/c18-17(19,20)14-2-4-22-15(24-14)11-7-13-12(1-5-23-26(13)9-11)25-6-3-10(8-21)16(25)27/h1-2,4-5,7,9-10H,3,6H2. The Bertz CT molecular complexity index is 1080. The second-order valence-corrected chi connectivity index (χ2v) is 6.00. The van der Waals surface area contributed by atoms with Gasteiger partial charge in [0.1, 0.15) is 11.6 Å². The minimum absolute atomic E-state index is 0.0936. The number of nitriles is 1. The molecule has 136 valence electrons. The summed E-state index contributed by atoms with van der Waals surface area (Å²) >= 11 is 0. The van der Waals surface area contributed by atoms with Crippen LogP contribution in [0.5, 0.6) is 0 Å². The van der Waals surface area contributed by atoms with Crippen molar-refractivity contribution in [2.24, 2.45) is 5.92 Å². The maximum atomic E-state index is 12.9. The van der Waals surface area contributed by atoms with Gasteiger partial charge in [0, 0.05) is 30.7 Å². The van der Waals surface area contributed by atoms with Crippen LogP contribution in [0.15, 0.2) is 36.8 Å². The average molecular weight is 372 g/mol. The molecule has 7 nitrogen and oxygen atoms in total. The van der Waals surface area contributed by atoms with Crippen molar-refractivity contribution in [3.05, 3.63) is 42.5 Å². The van der Waals surface area contributed by atoms with E-state index in [0.717, 1.165) is 12.3 Å². The van der Waals surface area contributed by atoms with E-state index in [2.05, 4.69) is 15.1 Å². The lowest BCUT2D eigenvalue weighted by atomic mass is 10.1. The van der Waals surface area contributed by atoms with Crippen LogP contribution in [0.3, 0.4) is 0 Å². The highest BCUT2D eigenvalue weighted by molar-refractivity contribution is 6.02. The zero-order valence-corrected chi connectivity index (χ0v) is 13.7. The topological polar surface area (TPSA) is 87.2 Å². The first kappa shape index (κ1) is 17.0. The molecule has 0 saturated carbocycles. The molecule has 0 aliphatic carbocycles. The number of nitrogens with zero attached hydrogens (tertiary/aromatic N) is 6. The lowest BCUT2D eigenvalue weighted by molar-refractivity contribution is -0.141. The molecule has 4 rings (SSSR count). The van der Waals surface area contributed by atoms with Crippen molar-refractivity contribution < 1.29 is 18.0 Å². The van der Waals surface area contributed by atoms with Gasteiger partial charge in [0.15, 0.2) is 5.82 Å². The Morgan fingerprint density at radius 2 is 2.07 bits per heavy atom. The zero-order chi connectivity index (χ0) is 19.2. The van der Waals surface area contributed by atoms with Crippen molar-refractivity contribution in [1.29, 1.82) is 5.26 Å². The molecule has 1 fully saturated rings. The molecule has 0 N–H and O–H groups in total. The summed E-state index contributed by atoms with van der Waals surface area (Å²) in [5.41, 5.74) is 0.346. The molecule has 1 unspecified atom stereocenters. The SMILES string of the molecule is N#CC1CCN(c2ccnn3cc(-c4nccc(C(F)(F)F)n4)cc23)C1=O. The summed E-state index contributed by atoms with van der Waals surface area (Å²) in [7, 11) is 0. The van der Waals surface area contributed by atoms with Gasteiger partial charge in [-0.05, 0) is 24.6 Å². The zero-order valence-electron chi connectivity index (χ0n) is 13.7. The number of anilines is 1. The van der Waals surface area contributed by atoms with Crippen molar-refractivity contribution in [2.45, 2.75) is 12.6 Å². The van der Waals surface area contributed by atoms with E-state index in [1.807, 2.05) is 6.07 Å². The van der Waals surface area contributed by atoms with Gasteiger partial charge in [0.05, 0.1) is 17.3 Å². The summed E-state index contributed by atoms with van der Waals surface area (Å²) in [5, 5.41) is 13.2. The van der Waals surface area contributed by atoms with Gasteiger partial charge in [-0.1, -0.05) is 0 Å². The first-order chi connectivity index (χ1) is 12.9. The smallest absolute Gasteiger partial charge is 0.309 e. The summed E-state index contributed by atoms with van der Waals surface area (Å²) in [6, 6.07) is 5.98. The second kappa shape index (κ2) is 6.05. The fraction of sp³-hybridized carbons (Fsp3) is 0.235. The van der Waals surface area contributed by atoms with Gasteiger partial charge in [-0.15, -0.1) is 0 Å². The molecule has 4 heterocycles. The summed E-state index contributed by atoms with van der Waals surface area (Å²) < 4.78 is 40.1. The van der Waals surface area contributed by atoms with Crippen LogP contribution >= 0.6 is 0 Å². The Kier molecular flexibility index (Phi) is 3.80. The molecular weight excluding hydrogens is 361 g/mol.